The molecular weight excluding hydrogens is 229 g/mol. The monoisotopic (exact) mass is 241 g/mol. The van der Waals surface area contributed by atoms with Gasteiger partial charge in [0.2, 0.25) is 0 Å². The normalized spacial score (nSPS) is 15.9. The molecule has 1 aliphatic heterocycles. The van der Waals surface area contributed by atoms with Gasteiger partial charge in [0, 0.05) is 18.8 Å². The minimum absolute atomic E-state index is 0. The van der Waals surface area contributed by atoms with Gasteiger partial charge in [-0.2, -0.15) is 0 Å². The van der Waals surface area contributed by atoms with E-state index < -0.39 is 5.97 Å². The Morgan fingerprint density at radius 1 is 1.36 bits per heavy atom. The molecule has 0 aromatic rings. The average Bonchev–Trinajstić information content (AvgIpc) is 2.15. The Morgan fingerprint density at radius 2 is 1.93 bits per heavy atom. The maximum Gasteiger partial charge on any atom is 1.00 e. The summed E-state index contributed by atoms with van der Waals surface area (Å²) in [5.41, 5.74) is 0. The quantitative estimate of drug-likeness (QED) is 0.387. The first-order chi connectivity index (χ1) is 6.20. The second kappa shape index (κ2) is 7.93. The van der Waals surface area contributed by atoms with E-state index in [2.05, 4.69) is 4.90 Å². The number of thiocarbonyl (C=S) groups is 1. The number of thioether (sulfide) groups is 1. The zero-order valence-corrected chi connectivity index (χ0v) is 12.0. The third kappa shape index (κ3) is 5.56. The molecule has 0 amide bonds. The van der Waals surface area contributed by atoms with Crippen molar-refractivity contribution in [3.8, 4) is 0 Å². The third-order valence-corrected chi connectivity index (χ3v) is 3.42. The van der Waals surface area contributed by atoms with Gasteiger partial charge < -0.3 is 14.8 Å². The van der Waals surface area contributed by atoms with E-state index in [0.717, 1.165) is 25.9 Å². The topological polar surface area (TPSA) is 43.4 Å². The van der Waals surface area contributed by atoms with E-state index in [4.69, 9.17) is 12.2 Å². The zero-order chi connectivity index (χ0) is 9.68. The van der Waals surface area contributed by atoms with Crippen molar-refractivity contribution in [2.24, 2.45) is 0 Å². The summed E-state index contributed by atoms with van der Waals surface area (Å²) >= 11 is 6.28. The molecule has 6 heteroatoms. The number of likely N-dealkylation sites (tertiary alicyclic amines) is 1. The van der Waals surface area contributed by atoms with E-state index in [-0.39, 0.29) is 35.3 Å². The molecule has 0 unspecified atom stereocenters. The summed E-state index contributed by atoms with van der Waals surface area (Å²) in [5, 5.41) is 10.2. The van der Waals surface area contributed by atoms with Crippen LogP contribution in [-0.4, -0.2) is 34.0 Å². The van der Waals surface area contributed by atoms with E-state index >= 15 is 0 Å². The number of piperidine rings is 1. The number of carboxylic acid groups (broad SMARTS) is 1. The van der Waals surface area contributed by atoms with Crippen LogP contribution in [0.4, 0.5) is 0 Å². The molecule has 0 saturated carbocycles. The fraction of sp³-hybridized carbons (Fsp3) is 0.750. The Kier molecular flexibility index (Phi) is 8.33. The van der Waals surface area contributed by atoms with Crippen LogP contribution in [0.1, 0.15) is 19.3 Å². The van der Waals surface area contributed by atoms with Gasteiger partial charge in [0.15, 0.2) is 0 Å². The molecular formula is C8H12NNaO2S2. The van der Waals surface area contributed by atoms with Crippen molar-refractivity contribution in [2.75, 3.05) is 18.8 Å². The van der Waals surface area contributed by atoms with Crippen molar-refractivity contribution in [3.63, 3.8) is 0 Å². The van der Waals surface area contributed by atoms with E-state index in [9.17, 15) is 9.90 Å². The fourth-order valence-electron chi connectivity index (χ4n) is 1.29. The first-order valence-electron chi connectivity index (χ1n) is 4.31. The average molecular weight is 241 g/mol. The van der Waals surface area contributed by atoms with Crippen LogP contribution in [0.5, 0.6) is 0 Å². The molecule has 0 atom stereocenters. The molecule has 74 valence electrons. The molecule has 1 fully saturated rings. The summed E-state index contributed by atoms with van der Waals surface area (Å²) in [6.45, 7) is 1.94. The molecule has 0 radical (unpaired) electrons. The minimum Gasteiger partial charge on any atom is -0.549 e. The number of rotatable bonds is 2. The number of aliphatic carboxylic acids is 1. The molecule has 0 spiro atoms. The van der Waals surface area contributed by atoms with Crippen LogP contribution in [0.2, 0.25) is 0 Å². The van der Waals surface area contributed by atoms with Crippen LogP contribution < -0.4 is 34.7 Å². The molecule has 1 saturated heterocycles. The molecule has 14 heavy (non-hydrogen) atoms. The fourth-order valence-corrected chi connectivity index (χ4v) is 2.25. The SMILES string of the molecule is O=C([O-])CSC(=S)N1CCCCC1.[Na+]. The summed E-state index contributed by atoms with van der Waals surface area (Å²) in [7, 11) is 0. The summed E-state index contributed by atoms with van der Waals surface area (Å²) in [4.78, 5) is 12.3. The summed E-state index contributed by atoms with van der Waals surface area (Å²) in [6, 6.07) is 0. The number of hydrogen-bond acceptors (Lipinski definition) is 4. The number of carbonyl (C=O) groups is 1. The maximum absolute atomic E-state index is 10.2. The van der Waals surface area contributed by atoms with Crippen LogP contribution in [0.15, 0.2) is 0 Å². The van der Waals surface area contributed by atoms with Gasteiger partial charge >= 0.3 is 29.6 Å². The van der Waals surface area contributed by atoms with E-state index in [0.29, 0.717) is 4.32 Å². The number of nitrogens with zero attached hydrogens (tertiary/aromatic N) is 1. The molecule has 0 aromatic carbocycles. The van der Waals surface area contributed by atoms with Crippen LogP contribution >= 0.6 is 24.0 Å². The van der Waals surface area contributed by atoms with Crippen molar-refractivity contribution >= 4 is 34.3 Å². The van der Waals surface area contributed by atoms with Crippen LogP contribution in [0.25, 0.3) is 0 Å². The van der Waals surface area contributed by atoms with Gasteiger partial charge in [-0.3, -0.25) is 0 Å². The predicted octanol–water partition coefficient (Wildman–Crippen LogP) is -2.76. The summed E-state index contributed by atoms with van der Waals surface area (Å²) < 4.78 is 0.698. The van der Waals surface area contributed by atoms with Crippen LogP contribution in [-0.2, 0) is 4.79 Å². The second-order valence-corrected chi connectivity index (χ2v) is 4.58. The van der Waals surface area contributed by atoms with Gasteiger partial charge in [0.1, 0.15) is 4.32 Å². The van der Waals surface area contributed by atoms with E-state index in [1.54, 1.807) is 0 Å². The minimum atomic E-state index is -1.05. The van der Waals surface area contributed by atoms with Gasteiger partial charge in [0.05, 0.1) is 5.97 Å². The Bertz CT molecular complexity index is 208. The van der Waals surface area contributed by atoms with Gasteiger partial charge in [-0.1, -0.05) is 24.0 Å². The number of hydrogen-bond donors (Lipinski definition) is 0. The zero-order valence-electron chi connectivity index (χ0n) is 8.32. The molecule has 0 aliphatic carbocycles. The van der Waals surface area contributed by atoms with Crippen LogP contribution in [0.3, 0.4) is 0 Å². The first-order valence-corrected chi connectivity index (χ1v) is 5.71. The molecule has 3 nitrogen and oxygen atoms in total. The first kappa shape index (κ1) is 14.7. The van der Waals surface area contributed by atoms with Gasteiger partial charge in [0.25, 0.3) is 0 Å². The largest absolute Gasteiger partial charge is 1.00 e. The third-order valence-electron chi connectivity index (χ3n) is 1.93. The van der Waals surface area contributed by atoms with E-state index in [1.165, 1.54) is 18.2 Å². The number of carbonyl (C=O) groups excluding carboxylic acids is 1. The van der Waals surface area contributed by atoms with Crippen molar-refractivity contribution in [1.29, 1.82) is 0 Å². The van der Waals surface area contributed by atoms with Crippen molar-refractivity contribution < 1.29 is 39.5 Å². The Balaban J connectivity index is 0.00000169. The maximum atomic E-state index is 10.2. The van der Waals surface area contributed by atoms with Crippen molar-refractivity contribution in [2.45, 2.75) is 19.3 Å². The molecule has 0 N–H and O–H groups in total. The van der Waals surface area contributed by atoms with Gasteiger partial charge in [-0.05, 0) is 19.3 Å². The predicted molar refractivity (Wildman–Crippen MR) is 55.5 cm³/mol. The van der Waals surface area contributed by atoms with Crippen LogP contribution in [0, 0.1) is 0 Å². The molecule has 1 aliphatic rings. The standard InChI is InChI=1S/C8H13NO2S2.Na/c10-7(11)6-13-8(12)9-4-2-1-3-5-9;/h1-6H2,(H,10,11);/q;+1/p-1. The Hall–Kier alpha value is 0.710. The Labute approximate surface area is 116 Å². The van der Waals surface area contributed by atoms with E-state index in [1.807, 2.05) is 0 Å². The van der Waals surface area contributed by atoms with Gasteiger partial charge in [-0.15, -0.1) is 0 Å². The molecule has 0 aromatic heterocycles. The van der Waals surface area contributed by atoms with Crippen molar-refractivity contribution in [3.05, 3.63) is 0 Å². The second-order valence-electron chi connectivity index (χ2n) is 2.97. The molecule has 1 heterocycles. The summed E-state index contributed by atoms with van der Waals surface area (Å²) in [6.07, 6.45) is 3.57. The number of carboxylic acids is 1. The molecule has 0 bridgehead atoms. The summed E-state index contributed by atoms with van der Waals surface area (Å²) in [5.74, 6) is -1.08. The van der Waals surface area contributed by atoms with Crippen molar-refractivity contribution in [1.82, 2.24) is 4.90 Å². The molecule has 1 rings (SSSR count). The van der Waals surface area contributed by atoms with Gasteiger partial charge in [-0.25, -0.2) is 0 Å². The Morgan fingerprint density at radius 3 is 2.43 bits per heavy atom. The smallest absolute Gasteiger partial charge is 0.549 e.